The Morgan fingerprint density at radius 3 is 2.15 bits per heavy atom. The number of nitrogens with zero attached hydrogens (tertiary/aromatic N) is 1. The summed E-state index contributed by atoms with van der Waals surface area (Å²) in [5.74, 6) is 0.982. The van der Waals surface area contributed by atoms with Gasteiger partial charge in [0.1, 0.15) is 0 Å². The van der Waals surface area contributed by atoms with Crippen molar-refractivity contribution in [3.8, 4) is 11.5 Å². The first-order valence-electron chi connectivity index (χ1n) is 10.4. The van der Waals surface area contributed by atoms with Crippen molar-refractivity contribution in [2.24, 2.45) is 0 Å². The second kappa shape index (κ2) is 10.4. The second-order valence-corrected chi connectivity index (χ2v) is 9.52. The molecule has 1 amide bonds. The number of benzene rings is 3. The van der Waals surface area contributed by atoms with Crippen LogP contribution in [-0.2, 0) is 16.6 Å². The minimum atomic E-state index is -3.47. The lowest BCUT2D eigenvalue weighted by molar-refractivity contribution is 0.0940. The number of rotatable bonds is 9. The van der Waals surface area contributed by atoms with Crippen LogP contribution in [0.25, 0.3) is 0 Å². The van der Waals surface area contributed by atoms with Gasteiger partial charge in [0.05, 0.1) is 38.7 Å². The number of sulfonamides is 1. The maximum Gasteiger partial charge on any atom is 0.251 e. The monoisotopic (exact) mass is 468 g/mol. The van der Waals surface area contributed by atoms with E-state index in [0.29, 0.717) is 22.7 Å². The van der Waals surface area contributed by atoms with Gasteiger partial charge in [-0.3, -0.25) is 9.10 Å². The first-order valence-corrected chi connectivity index (χ1v) is 12.2. The zero-order valence-corrected chi connectivity index (χ0v) is 19.9. The zero-order chi connectivity index (χ0) is 24.0. The van der Waals surface area contributed by atoms with Crippen molar-refractivity contribution in [2.45, 2.75) is 19.5 Å². The molecule has 7 nitrogen and oxygen atoms in total. The van der Waals surface area contributed by atoms with Crippen molar-refractivity contribution in [2.75, 3.05) is 24.8 Å². The first-order chi connectivity index (χ1) is 15.7. The van der Waals surface area contributed by atoms with Crippen LogP contribution in [-0.4, -0.2) is 34.8 Å². The molecule has 33 heavy (non-hydrogen) atoms. The van der Waals surface area contributed by atoms with E-state index in [1.54, 1.807) is 68.8 Å². The third-order valence-electron chi connectivity index (χ3n) is 5.24. The number of hydrogen-bond donors (Lipinski definition) is 1. The molecule has 8 heteroatoms. The normalized spacial score (nSPS) is 12.0. The molecule has 1 unspecified atom stereocenters. The Hall–Kier alpha value is -3.52. The molecule has 0 fully saturated rings. The maximum atomic E-state index is 12.7. The van der Waals surface area contributed by atoms with Gasteiger partial charge < -0.3 is 14.8 Å². The van der Waals surface area contributed by atoms with Gasteiger partial charge in [0, 0.05) is 5.56 Å². The molecule has 0 aliphatic rings. The minimum absolute atomic E-state index is 0.173. The lowest BCUT2D eigenvalue weighted by Gasteiger charge is -2.22. The van der Waals surface area contributed by atoms with Crippen LogP contribution < -0.4 is 19.1 Å². The van der Waals surface area contributed by atoms with Crippen molar-refractivity contribution in [1.82, 2.24) is 5.32 Å². The molecule has 3 rings (SSSR count). The lowest BCUT2D eigenvalue weighted by atomic mass is 10.1. The summed E-state index contributed by atoms with van der Waals surface area (Å²) < 4.78 is 36.5. The molecule has 3 aromatic rings. The molecule has 0 aliphatic heterocycles. The Balaban J connectivity index is 1.71. The van der Waals surface area contributed by atoms with E-state index in [4.69, 9.17) is 9.47 Å². The number of carbonyl (C=O) groups excluding carboxylic acids is 1. The van der Waals surface area contributed by atoms with Gasteiger partial charge in [0.25, 0.3) is 5.91 Å². The Bertz CT molecular complexity index is 1200. The first kappa shape index (κ1) is 24.1. The molecule has 0 aliphatic carbocycles. The summed E-state index contributed by atoms with van der Waals surface area (Å²) in [6.45, 7) is 2.06. The molecule has 0 saturated heterocycles. The van der Waals surface area contributed by atoms with Crippen molar-refractivity contribution < 1.29 is 22.7 Å². The van der Waals surface area contributed by atoms with Crippen LogP contribution in [0, 0.1) is 0 Å². The van der Waals surface area contributed by atoms with Crippen LogP contribution in [0.3, 0.4) is 0 Å². The highest BCUT2D eigenvalue weighted by Crippen LogP contribution is 2.30. The molecular weight excluding hydrogens is 440 g/mol. The van der Waals surface area contributed by atoms with Gasteiger partial charge in [-0.1, -0.05) is 36.4 Å². The molecule has 0 bridgehead atoms. The standard InChI is InChI=1S/C25H28N2O5S/c1-18(21-14-15-23(31-2)24(16-21)32-3)26-25(28)20-12-10-19(11-13-20)17-27(33(4,29)30)22-8-6-5-7-9-22/h5-16,18H,17H2,1-4H3,(H,26,28). The fourth-order valence-corrected chi connectivity index (χ4v) is 4.30. The summed E-state index contributed by atoms with van der Waals surface area (Å²) >= 11 is 0. The molecular formula is C25H28N2O5S. The molecule has 1 atom stereocenters. The predicted octanol–water partition coefficient (Wildman–Crippen LogP) is 4.16. The quantitative estimate of drug-likeness (QED) is 0.510. The summed E-state index contributed by atoms with van der Waals surface area (Å²) in [5, 5.41) is 2.97. The number of ether oxygens (including phenoxy) is 2. The highest BCUT2D eigenvalue weighted by Gasteiger charge is 2.18. The van der Waals surface area contributed by atoms with Crippen molar-refractivity contribution >= 4 is 21.6 Å². The third-order valence-corrected chi connectivity index (χ3v) is 6.38. The largest absolute Gasteiger partial charge is 0.493 e. The van der Waals surface area contributed by atoms with Crippen molar-refractivity contribution in [1.29, 1.82) is 0 Å². The van der Waals surface area contributed by atoms with Gasteiger partial charge in [-0.05, 0) is 54.4 Å². The number of nitrogens with one attached hydrogen (secondary N) is 1. The maximum absolute atomic E-state index is 12.7. The summed E-state index contributed by atoms with van der Waals surface area (Å²) in [6, 6.07) is 21.1. The van der Waals surface area contributed by atoms with Crippen LogP contribution in [0.15, 0.2) is 72.8 Å². The van der Waals surface area contributed by atoms with Crippen LogP contribution in [0.5, 0.6) is 11.5 Å². The fourth-order valence-electron chi connectivity index (χ4n) is 3.41. The number of para-hydroxylation sites is 1. The summed E-state index contributed by atoms with van der Waals surface area (Å²) in [6.07, 6.45) is 1.18. The van der Waals surface area contributed by atoms with Gasteiger partial charge in [-0.2, -0.15) is 0 Å². The number of amides is 1. The fraction of sp³-hybridized carbons (Fsp3) is 0.240. The van der Waals surface area contributed by atoms with Gasteiger partial charge in [-0.15, -0.1) is 0 Å². The Morgan fingerprint density at radius 2 is 1.58 bits per heavy atom. The molecule has 0 aromatic heterocycles. The van der Waals surface area contributed by atoms with E-state index >= 15 is 0 Å². The SMILES string of the molecule is COc1ccc(C(C)NC(=O)c2ccc(CN(c3ccccc3)S(C)(=O)=O)cc2)cc1OC. The molecule has 1 N–H and O–H groups in total. The van der Waals surface area contributed by atoms with Gasteiger partial charge in [0.2, 0.25) is 10.0 Å². The van der Waals surface area contributed by atoms with Gasteiger partial charge in [-0.25, -0.2) is 8.42 Å². The van der Waals surface area contributed by atoms with E-state index in [-0.39, 0.29) is 18.5 Å². The van der Waals surface area contributed by atoms with Gasteiger partial charge in [0.15, 0.2) is 11.5 Å². The number of methoxy groups -OCH3 is 2. The average Bonchev–Trinajstić information content (AvgIpc) is 2.82. The average molecular weight is 469 g/mol. The molecule has 0 spiro atoms. The summed E-state index contributed by atoms with van der Waals surface area (Å²) in [7, 11) is -0.330. The van der Waals surface area contributed by atoms with Crippen LogP contribution in [0.2, 0.25) is 0 Å². The Labute approximate surface area is 195 Å². The van der Waals surface area contributed by atoms with E-state index in [1.807, 2.05) is 25.1 Å². The van der Waals surface area contributed by atoms with Crippen molar-refractivity contribution in [3.63, 3.8) is 0 Å². The molecule has 0 radical (unpaired) electrons. The highest BCUT2D eigenvalue weighted by atomic mass is 32.2. The molecule has 0 heterocycles. The number of hydrogen-bond acceptors (Lipinski definition) is 5. The van der Waals surface area contributed by atoms with E-state index in [0.717, 1.165) is 11.1 Å². The Morgan fingerprint density at radius 1 is 0.939 bits per heavy atom. The predicted molar refractivity (Wildman–Crippen MR) is 129 cm³/mol. The van der Waals surface area contributed by atoms with Crippen LogP contribution in [0.1, 0.15) is 34.5 Å². The van der Waals surface area contributed by atoms with E-state index in [1.165, 1.54) is 10.6 Å². The van der Waals surface area contributed by atoms with E-state index in [2.05, 4.69) is 5.32 Å². The number of anilines is 1. The van der Waals surface area contributed by atoms with Crippen LogP contribution >= 0.6 is 0 Å². The lowest BCUT2D eigenvalue weighted by Crippen LogP contribution is -2.29. The smallest absolute Gasteiger partial charge is 0.251 e. The molecule has 174 valence electrons. The van der Waals surface area contributed by atoms with Crippen molar-refractivity contribution in [3.05, 3.63) is 89.5 Å². The zero-order valence-electron chi connectivity index (χ0n) is 19.1. The topological polar surface area (TPSA) is 84.9 Å². The van der Waals surface area contributed by atoms with Crippen LogP contribution in [0.4, 0.5) is 5.69 Å². The van der Waals surface area contributed by atoms with Gasteiger partial charge >= 0.3 is 0 Å². The van der Waals surface area contributed by atoms with E-state index < -0.39 is 10.0 Å². The highest BCUT2D eigenvalue weighted by molar-refractivity contribution is 7.92. The molecule has 0 saturated carbocycles. The molecule has 3 aromatic carbocycles. The minimum Gasteiger partial charge on any atom is -0.493 e. The Kier molecular flexibility index (Phi) is 7.60. The second-order valence-electron chi connectivity index (χ2n) is 7.61. The summed E-state index contributed by atoms with van der Waals surface area (Å²) in [5.41, 5.74) is 2.72. The number of carbonyl (C=O) groups is 1. The summed E-state index contributed by atoms with van der Waals surface area (Å²) in [4.78, 5) is 12.7. The van der Waals surface area contributed by atoms with E-state index in [9.17, 15) is 13.2 Å². The third kappa shape index (κ3) is 6.04.